The Bertz CT molecular complexity index is 803. The Labute approximate surface area is 140 Å². The minimum atomic E-state index is -0.273. The second-order valence-electron chi connectivity index (χ2n) is 4.60. The maximum absolute atomic E-state index is 6.02. The van der Waals surface area contributed by atoms with Crippen LogP contribution in [0.3, 0.4) is 0 Å². The molecule has 1 aromatic heterocycles. The lowest BCUT2D eigenvalue weighted by atomic mass is 10.1. The third-order valence-electron chi connectivity index (χ3n) is 3.23. The molecule has 0 aliphatic heterocycles. The molecule has 0 radical (unpaired) electrons. The smallest absolute Gasteiger partial charge is 0.134 e. The Morgan fingerprint density at radius 2 is 1.90 bits per heavy atom. The van der Waals surface area contributed by atoms with E-state index in [2.05, 4.69) is 21.4 Å². The number of halogens is 3. The predicted octanol–water partition coefficient (Wildman–Crippen LogP) is 5.05. The van der Waals surface area contributed by atoms with Gasteiger partial charge in [-0.15, -0.1) is 0 Å². The van der Waals surface area contributed by atoms with Crippen molar-refractivity contribution in [1.82, 2.24) is 5.43 Å². The summed E-state index contributed by atoms with van der Waals surface area (Å²) >= 11 is 15.4. The van der Waals surface area contributed by atoms with Crippen LogP contribution in [0.4, 0.5) is 0 Å². The summed E-state index contributed by atoms with van der Waals surface area (Å²) in [7, 11) is 0. The Morgan fingerprint density at radius 1 is 1.10 bits per heavy atom. The van der Waals surface area contributed by atoms with Gasteiger partial charge in [0, 0.05) is 14.9 Å². The molecule has 3 rings (SSSR count). The van der Waals surface area contributed by atoms with Crippen LogP contribution in [0, 0.1) is 0 Å². The van der Waals surface area contributed by atoms with Gasteiger partial charge in [-0.2, -0.15) is 0 Å². The van der Waals surface area contributed by atoms with Crippen molar-refractivity contribution >= 4 is 50.1 Å². The standard InChI is InChI=1S/C15H11BrCl2N2O/c16-11-6-8(1-3-12(11)18)15(20-19)14-7-9-5-10(17)2-4-13(9)21-14/h1-7,15,20H,19H2. The van der Waals surface area contributed by atoms with Crippen molar-refractivity contribution in [3.05, 3.63) is 68.3 Å². The summed E-state index contributed by atoms with van der Waals surface area (Å²) in [6.07, 6.45) is 0. The zero-order chi connectivity index (χ0) is 15.0. The molecule has 3 nitrogen and oxygen atoms in total. The van der Waals surface area contributed by atoms with Crippen molar-refractivity contribution in [3.63, 3.8) is 0 Å². The Kier molecular flexibility index (Phi) is 4.24. The van der Waals surface area contributed by atoms with Crippen LogP contribution < -0.4 is 11.3 Å². The van der Waals surface area contributed by atoms with Crippen LogP contribution in [0.5, 0.6) is 0 Å². The van der Waals surface area contributed by atoms with Gasteiger partial charge in [0.15, 0.2) is 0 Å². The van der Waals surface area contributed by atoms with Gasteiger partial charge in [0.05, 0.1) is 5.02 Å². The molecule has 1 unspecified atom stereocenters. The minimum Gasteiger partial charge on any atom is -0.459 e. The first-order valence-electron chi connectivity index (χ1n) is 6.18. The highest BCUT2D eigenvalue weighted by Gasteiger charge is 2.18. The number of hydrogen-bond donors (Lipinski definition) is 2. The van der Waals surface area contributed by atoms with E-state index in [0.29, 0.717) is 15.8 Å². The molecule has 0 bridgehead atoms. The van der Waals surface area contributed by atoms with Crippen molar-refractivity contribution in [2.45, 2.75) is 6.04 Å². The molecule has 0 fully saturated rings. The van der Waals surface area contributed by atoms with Gasteiger partial charge in [-0.3, -0.25) is 5.84 Å². The number of fused-ring (bicyclic) bond motifs is 1. The molecule has 0 aliphatic carbocycles. The van der Waals surface area contributed by atoms with Crippen molar-refractivity contribution in [3.8, 4) is 0 Å². The first-order chi connectivity index (χ1) is 10.1. The van der Waals surface area contributed by atoms with Crippen LogP contribution in [0.2, 0.25) is 10.0 Å². The molecule has 0 saturated carbocycles. The molecule has 3 aromatic rings. The van der Waals surface area contributed by atoms with Crippen LogP contribution in [0.1, 0.15) is 17.4 Å². The molecule has 0 saturated heterocycles. The molecule has 0 spiro atoms. The summed E-state index contributed by atoms with van der Waals surface area (Å²) in [6, 6.07) is 12.8. The highest BCUT2D eigenvalue weighted by molar-refractivity contribution is 9.10. The number of benzene rings is 2. The van der Waals surface area contributed by atoms with E-state index in [1.165, 1.54) is 0 Å². The van der Waals surface area contributed by atoms with E-state index in [4.69, 9.17) is 33.5 Å². The van der Waals surface area contributed by atoms with E-state index in [9.17, 15) is 0 Å². The maximum Gasteiger partial charge on any atom is 0.134 e. The average Bonchev–Trinajstić information content (AvgIpc) is 2.86. The van der Waals surface area contributed by atoms with Crippen molar-refractivity contribution in [1.29, 1.82) is 0 Å². The van der Waals surface area contributed by atoms with E-state index in [-0.39, 0.29) is 6.04 Å². The number of hydrazine groups is 1. The van der Waals surface area contributed by atoms with Crippen LogP contribution in [0.15, 0.2) is 51.4 Å². The van der Waals surface area contributed by atoms with Gasteiger partial charge < -0.3 is 4.42 Å². The number of nitrogens with two attached hydrogens (primary N) is 1. The molecule has 0 aliphatic rings. The van der Waals surface area contributed by atoms with E-state index >= 15 is 0 Å². The Balaban J connectivity index is 2.06. The monoisotopic (exact) mass is 384 g/mol. The first-order valence-corrected chi connectivity index (χ1v) is 7.73. The fourth-order valence-corrected chi connectivity index (χ4v) is 2.91. The molecule has 1 atom stereocenters. The van der Waals surface area contributed by atoms with Gasteiger partial charge in [-0.05, 0) is 57.9 Å². The molecule has 21 heavy (non-hydrogen) atoms. The molecule has 108 valence electrons. The summed E-state index contributed by atoms with van der Waals surface area (Å²) in [5, 5.41) is 2.25. The number of furan rings is 1. The SMILES string of the molecule is NNC(c1ccc(Cl)c(Br)c1)c1cc2cc(Cl)ccc2o1. The minimum absolute atomic E-state index is 0.273. The summed E-state index contributed by atoms with van der Waals surface area (Å²) in [4.78, 5) is 0. The highest BCUT2D eigenvalue weighted by Crippen LogP contribution is 2.32. The van der Waals surface area contributed by atoms with Crippen LogP contribution >= 0.6 is 39.1 Å². The quantitative estimate of drug-likeness (QED) is 0.489. The molecular weight excluding hydrogens is 375 g/mol. The van der Waals surface area contributed by atoms with Crippen LogP contribution in [0.25, 0.3) is 11.0 Å². The van der Waals surface area contributed by atoms with Crippen LogP contribution in [-0.4, -0.2) is 0 Å². The lowest BCUT2D eigenvalue weighted by Crippen LogP contribution is -2.28. The normalized spacial score (nSPS) is 12.8. The number of nitrogens with one attached hydrogen (secondary N) is 1. The second-order valence-corrected chi connectivity index (χ2v) is 6.30. The fourth-order valence-electron chi connectivity index (χ4n) is 2.21. The maximum atomic E-state index is 6.02. The molecule has 0 amide bonds. The summed E-state index contributed by atoms with van der Waals surface area (Å²) < 4.78 is 6.66. The van der Waals surface area contributed by atoms with Crippen molar-refractivity contribution < 1.29 is 4.42 Å². The lowest BCUT2D eigenvalue weighted by Gasteiger charge is -2.14. The van der Waals surface area contributed by atoms with Gasteiger partial charge in [-0.25, -0.2) is 5.43 Å². The van der Waals surface area contributed by atoms with E-state index < -0.39 is 0 Å². The highest BCUT2D eigenvalue weighted by atomic mass is 79.9. The molecular formula is C15H11BrCl2N2O. The molecule has 3 N–H and O–H groups in total. The van der Waals surface area contributed by atoms with Gasteiger partial charge in [-0.1, -0.05) is 29.3 Å². The largest absolute Gasteiger partial charge is 0.459 e. The Hall–Kier alpha value is -1.04. The zero-order valence-electron chi connectivity index (χ0n) is 10.7. The van der Waals surface area contributed by atoms with Gasteiger partial charge in [0.25, 0.3) is 0 Å². The summed E-state index contributed by atoms with van der Waals surface area (Å²) in [5.74, 6) is 6.40. The molecule has 2 aromatic carbocycles. The lowest BCUT2D eigenvalue weighted by molar-refractivity contribution is 0.477. The topological polar surface area (TPSA) is 51.2 Å². The van der Waals surface area contributed by atoms with Gasteiger partial charge >= 0.3 is 0 Å². The van der Waals surface area contributed by atoms with Crippen molar-refractivity contribution in [2.75, 3.05) is 0 Å². The summed E-state index contributed by atoms with van der Waals surface area (Å²) in [6.45, 7) is 0. The van der Waals surface area contributed by atoms with E-state index in [0.717, 1.165) is 21.0 Å². The summed E-state index contributed by atoms with van der Waals surface area (Å²) in [5.41, 5.74) is 4.48. The van der Waals surface area contributed by atoms with E-state index in [1.807, 2.05) is 36.4 Å². The van der Waals surface area contributed by atoms with E-state index in [1.54, 1.807) is 6.07 Å². The van der Waals surface area contributed by atoms with Gasteiger partial charge in [0.1, 0.15) is 17.4 Å². The van der Waals surface area contributed by atoms with Gasteiger partial charge in [0.2, 0.25) is 0 Å². The Morgan fingerprint density at radius 3 is 2.62 bits per heavy atom. The predicted molar refractivity (Wildman–Crippen MR) is 89.5 cm³/mol. The number of hydrogen-bond acceptors (Lipinski definition) is 3. The zero-order valence-corrected chi connectivity index (χ0v) is 13.8. The third-order valence-corrected chi connectivity index (χ3v) is 4.67. The molecule has 6 heteroatoms. The van der Waals surface area contributed by atoms with Crippen LogP contribution in [-0.2, 0) is 0 Å². The fraction of sp³-hybridized carbons (Fsp3) is 0.0667. The second kappa shape index (κ2) is 5.99. The molecule has 1 heterocycles. The average molecular weight is 386 g/mol. The first kappa shape index (κ1) is 14.9. The number of rotatable bonds is 3. The third kappa shape index (κ3) is 2.96. The van der Waals surface area contributed by atoms with Crippen molar-refractivity contribution in [2.24, 2.45) is 5.84 Å².